The number of aliphatic imine (C=N–C) groups is 1. The predicted octanol–water partition coefficient (Wildman–Crippen LogP) is 3.48. The molecule has 0 spiro atoms. The number of hydrogen-bond donors (Lipinski definition) is 1. The molecule has 7 heteroatoms. The predicted molar refractivity (Wildman–Crippen MR) is 85.9 cm³/mol. The van der Waals surface area contributed by atoms with Gasteiger partial charge in [-0.1, -0.05) is 32.0 Å². The van der Waals surface area contributed by atoms with E-state index >= 15 is 0 Å². The molecule has 0 saturated heterocycles. The van der Waals surface area contributed by atoms with E-state index in [-0.39, 0.29) is 11.6 Å². The second-order valence-electron chi connectivity index (χ2n) is 5.73. The van der Waals surface area contributed by atoms with Crippen molar-refractivity contribution in [3.8, 4) is 0 Å². The summed E-state index contributed by atoms with van der Waals surface area (Å²) < 4.78 is 0. The van der Waals surface area contributed by atoms with Crippen LogP contribution in [0.5, 0.6) is 0 Å². The minimum atomic E-state index is -0.568. The van der Waals surface area contributed by atoms with Gasteiger partial charge in [-0.15, -0.1) is 0 Å². The number of aromatic nitrogens is 2. The van der Waals surface area contributed by atoms with Crippen LogP contribution in [0.4, 0.5) is 11.5 Å². The third kappa shape index (κ3) is 2.38. The van der Waals surface area contributed by atoms with Gasteiger partial charge >= 0.3 is 0 Å². The Labute approximate surface area is 133 Å². The van der Waals surface area contributed by atoms with Crippen LogP contribution >= 0.6 is 0 Å². The molecule has 2 atom stereocenters. The van der Waals surface area contributed by atoms with Crippen LogP contribution in [0.1, 0.15) is 30.9 Å². The number of nitrogens with zero attached hydrogens (tertiary/aromatic N) is 4. The lowest BCUT2D eigenvalue weighted by Crippen LogP contribution is -2.32. The van der Waals surface area contributed by atoms with Crippen molar-refractivity contribution in [3.63, 3.8) is 0 Å². The number of nitro benzene ring substituents is 1. The number of aromatic amines is 1. The van der Waals surface area contributed by atoms with E-state index in [1.807, 2.05) is 13.8 Å². The molecule has 0 aliphatic carbocycles. The Kier molecular flexibility index (Phi) is 3.66. The lowest BCUT2D eigenvalue weighted by Gasteiger charge is -2.25. The van der Waals surface area contributed by atoms with E-state index in [2.05, 4.69) is 20.0 Å². The molecule has 2 heterocycles. The van der Waals surface area contributed by atoms with Gasteiger partial charge in [-0.05, 0) is 5.92 Å². The topological polar surface area (TPSA) is 88.5 Å². The van der Waals surface area contributed by atoms with Crippen LogP contribution in [0.25, 0.3) is 4.85 Å². The molecule has 1 aliphatic heterocycles. The molecule has 0 saturated carbocycles. The molecule has 0 amide bonds. The largest absolute Gasteiger partial charge is 0.306 e. The molecule has 0 fully saturated rings. The molecule has 1 aromatic heterocycles. The van der Waals surface area contributed by atoms with E-state index in [1.165, 1.54) is 6.07 Å². The fourth-order valence-corrected chi connectivity index (χ4v) is 3.01. The van der Waals surface area contributed by atoms with Crippen LogP contribution in [-0.2, 0) is 0 Å². The number of benzene rings is 1. The summed E-state index contributed by atoms with van der Waals surface area (Å²) in [5, 5.41) is 18.2. The van der Waals surface area contributed by atoms with Crippen molar-refractivity contribution in [1.82, 2.24) is 10.2 Å². The van der Waals surface area contributed by atoms with Gasteiger partial charge in [0.1, 0.15) is 11.6 Å². The fourth-order valence-electron chi connectivity index (χ4n) is 3.01. The number of rotatable bonds is 3. The third-order valence-electron chi connectivity index (χ3n) is 4.04. The van der Waals surface area contributed by atoms with Crippen LogP contribution < -0.4 is 0 Å². The van der Waals surface area contributed by atoms with E-state index in [9.17, 15) is 10.1 Å². The maximum atomic E-state index is 11.4. The molecule has 3 rings (SSSR count). The van der Waals surface area contributed by atoms with Crippen LogP contribution in [0.3, 0.4) is 0 Å². The smallest absolute Gasteiger partial charge is 0.273 e. The lowest BCUT2D eigenvalue weighted by molar-refractivity contribution is -0.385. The number of nitro groups is 1. The zero-order valence-corrected chi connectivity index (χ0v) is 12.7. The average Bonchev–Trinajstić information content (AvgIpc) is 3.00. The van der Waals surface area contributed by atoms with Gasteiger partial charge in [0, 0.05) is 17.2 Å². The molecule has 0 bridgehead atoms. The Bertz CT molecular complexity index is 831. The molecule has 1 aliphatic rings. The van der Waals surface area contributed by atoms with Gasteiger partial charge in [-0.3, -0.25) is 15.2 Å². The third-order valence-corrected chi connectivity index (χ3v) is 4.04. The quantitative estimate of drug-likeness (QED) is 0.535. The molecule has 2 aromatic rings. The molecular formula is C16H15N5O2. The number of fused-ring (bicyclic) bond motifs is 1. The Morgan fingerprint density at radius 3 is 2.74 bits per heavy atom. The van der Waals surface area contributed by atoms with Crippen molar-refractivity contribution >= 4 is 17.2 Å². The van der Waals surface area contributed by atoms with E-state index < -0.39 is 16.9 Å². The van der Waals surface area contributed by atoms with Gasteiger partial charge in [-0.2, -0.15) is 5.10 Å². The molecule has 1 aromatic carbocycles. The maximum Gasteiger partial charge on any atom is 0.273 e. The van der Waals surface area contributed by atoms with Gasteiger partial charge < -0.3 is 4.85 Å². The molecule has 0 radical (unpaired) electrons. The van der Waals surface area contributed by atoms with Gasteiger partial charge in [0.2, 0.25) is 0 Å². The van der Waals surface area contributed by atoms with Crippen molar-refractivity contribution in [1.29, 1.82) is 0 Å². The molecular weight excluding hydrogens is 294 g/mol. The molecule has 116 valence electrons. The summed E-state index contributed by atoms with van der Waals surface area (Å²) in [6.07, 6.45) is 1.61. The first-order chi connectivity index (χ1) is 11.0. The molecule has 7 nitrogen and oxygen atoms in total. The van der Waals surface area contributed by atoms with Crippen molar-refractivity contribution in [2.75, 3.05) is 0 Å². The highest BCUT2D eigenvalue weighted by Gasteiger charge is 2.43. The van der Waals surface area contributed by atoms with Crippen molar-refractivity contribution in [2.24, 2.45) is 10.9 Å². The number of H-pyrrole nitrogens is 1. The first-order valence-corrected chi connectivity index (χ1v) is 7.26. The van der Waals surface area contributed by atoms with Crippen LogP contribution in [0.2, 0.25) is 0 Å². The average molecular weight is 309 g/mol. The monoisotopic (exact) mass is 309 g/mol. The summed E-state index contributed by atoms with van der Waals surface area (Å²) in [7, 11) is 0. The maximum absolute atomic E-state index is 11.4. The summed E-state index contributed by atoms with van der Waals surface area (Å²) in [5.74, 6) is 0.199. The van der Waals surface area contributed by atoms with Gasteiger partial charge in [-0.25, -0.2) is 11.6 Å². The summed E-state index contributed by atoms with van der Waals surface area (Å²) in [5.41, 5.74) is 1.99. The van der Waals surface area contributed by atoms with Gasteiger partial charge in [0.15, 0.2) is 5.82 Å². The zero-order valence-electron chi connectivity index (χ0n) is 12.7. The zero-order chi connectivity index (χ0) is 16.6. The van der Waals surface area contributed by atoms with Crippen molar-refractivity contribution in [2.45, 2.75) is 25.8 Å². The first-order valence-electron chi connectivity index (χ1n) is 7.26. The number of hydrogen-bond acceptors (Lipinski definition) is 4. The van der Waals surface area contributed by atoms with Crippen molar-refractivity contribution < 1.29 is 4.92 Å². The minimum absolute atomic E-state index is 0.0170. The summed E-state index contributed by atoms with van der Waals surface area (Å²) in [6.45, 7) is 11.6. The SMILES string of the molecule is [C-]#[N+]C1C(C(C)C)=Nc2[nH]ncc2C1c1ccccc1[N+](=O)[O-]. The number of para-hydroxylation sites is 1. The van der Waals surface area contributed by atoms with Crippen molar-refractivity contribution in [3.05, 3.63) is 63.1 Å². The fraction of sp³-hybridized carbons (Fsp3) is 0.312. The van der Waals surface area contributed by atoms with Crippen LogP contribution in [-0.4, -0.2) is 26.9 Å². The normalized spacial score (nSPS) is 19.8. The van der Waals surface area contributed by atoms with E-state index in [0.717, 1.165) is 11.3 Å². The molecule has 23 heavy (non-hydrogen) atoms. The Hall–Kier alpha value is -3.01. The number of nitrogens with one attached hydrogen (secondary N) is 1. The summed E-state index contributed by atoms with van der Waals surface area (Å²) in [6, 6.07) is 5.99. The van der Waals surface area contributed by atoms with Gasteiger partial charge in [0.25, 0.3) is 11.7 Å². The Balaban J connectivity index is 2.25. The minimum Gasteiger partial charge on any atom is -0.306 e. The second-order valence-corrected chi connectivity index (χ2v) is 5.73. The van der Waals surface area contributed by atoms with E-state index in [0.29, 0.717) is 11.4 Å². The molecule has 2 unspecified atom stereocenters. The summed E-state index contributed by atoms with van der Waals surface area (Å²) >= 11 is 0. The lowest BCUT2D eigenvalue weighted by atomic mass is 9.79. The van der Waals surface area contributed by atoms with E-state index in [4.69, 9.17) is 6.57 Å². The second kappa shape index (κ2) is 5.65. The Morgan fingerprint density at radius 2 is 2.09 bits per heavy atom. The van der Waals surface area contributed by atoms with Crippen LogP contribution in [0.15, 0.2) is 35.5 Å². The standard InChI is InChI=1S/C16H15N5O2/c1-9(2)14-15(17-3)13(11-8-18-20-16(11)19-14)10-6-4-5-7-12(10)21(22)23/h4-9,13,15H,1-2H3,(H,18,20). The van der Waals surface area contributed by atoms with Gasteiger partial charge in [0.05, 0.1) is 11.1 Å². The first kappa shape index (κ1) is 14.9. The molecule has 1 N–H and O–H groups in total. The van der Waals surface area contributed by atoms with E-state index in [1.54, 1.807) is 24.4 Å². The Morgan fingerprint density at radius 1 is 1.35 bits per heavy atom. The highest BCUT2D eigenvalue weighted by Crippen LogP contribution is 2.43. The van der Waals surface area contributed by atoms with Crippen LogP contribution in [0, 0.1) is 22.6 Å². The summed E-state index contributed by atoms with van der Waals surface area (Å²) in [4.78, 5) is 19.3. The highest BCUT2D eigenvalue weighted by atomic mass is 16.6. The highest BCUT2D eigenvalue weighted by molar-refractivity contribution is 5.97.